The van der Waals surface area contributed by atoms with E-state index in [4.69, 9.17) is 11.6 Å². The van der Waals surface area contributed by atoms with Crippen LogP contribution in [0.1, 0.15) is 22.5 Å². The van der Waals surface area contributed by atoms with Crippen molar-refractivity contribution >= 4 is 11.6 Å². The zero-order chi connectivity index (χ0) is 11.7. The van der Waals surface area contributed by atoms with Crippen molar-refractivity contribution in [1.29, 1.82) is 0 Å². The minimum atomic E-state index is 0.542. The van der Waals surface area contributed by atoms with Gasteiger partial charge < -0.3 is 4.57 Å². The molecule has 0 amide bonds. The normalized spacial score (nSPS) is 10.8. The molecule has 1 aromatic carbocycles. The summed E-state index contributed by atoms with van der Waals surface area (Å²) in [6.07, 6.45) is 1.87. The Bertz CT molecular complexity index is 515. The van der Waals surface area contributed by atoms with Crippen LogP contribution in [0, 0.1) is 20.8 Å². The first-order valence-electron chi connectivity index (χ1n) is 5.30. The fourth-order valence-electron chi connectivity index (χ4n) is 1.74. The monoisotopic (exact) mass is 234 g/mol. The summed E-state index contributed by atoms with van der Waals surface area (Å²) < 4.78 is 2.11. The second kappa shape index (κ2) is 4.30. The molecule has 3 heteroatoms. The third-order valence-corrected chi connectivity index (χ3v) is 3.25. The van der Waals surface area contributed by atoms with Gasteiger partial charge in [-0.25, -0.2) is 4.98 Å². The highest BCUT2D eigenvalue weighted by Crippen LogP contribution is 2.20. The molecule has 0 aliphatic carbocycles. The molecule has 84 valence electrons. The van der Waals surface area contributed by atoms with Gasteiger partial charge in [0.1, 0.15) is 0 Å². The number of hydrogen-bond acceptors (Lipinski definition) is 1. The zero-order valence-corrected chi connectivity index (χ0v) is 10.5. The van der Waals surface area contributed by atoms with Gasteiger partial charge in [-0.3, -0.25) is 0 Å². The van der Waals surface area contributed by atoms with Crippen LogP contribution in [-0.4, -0.2) is 9.55 Å². The summed E-state index contributed by atoms with van der Waals surface area (Å²) in [6, 6.07) is 6.28. The molecule has 0 aliphatic heterocycles. The molecule has 0 spiro atoms. The molecule has 0 radical (unpaired) electrons. The number of nitrogens with zero attached hydrogens (tertiary/aromatic N) is 2. The molecule has 2 nitrogen and oxygen atoms in total. The van der Waals surface area contributed by atoms with E-state index in [9.17, 15) is 0 Å². The molecular weight excluding hydrogens is 220 g/mol. The highest BCUT2D eigenvalue weighted by molar-refractivity contribution is 6.17. The average molecular weight is 235 g/mol. The molecule has 1 aromatic heterocycles. The fourth-order valence-corrected chi connectivity index (χ4v) is 1.91. The van der Waals surface area contributed by atoms with Gasteiger partial charge in [0.2, 0.25) is 0 Å². The first kappa shape index (κ1) is 11.2. The molecule has 0 saturated heterocycles. The summed E-state index contributed by atoms with van der Waals surface area (Å²) in [5.74, 6) is 0.542. The SMILES string of the molecule is Cc1ccc(CCl)cc1-n1cnc(C)c1C. The maximum atomic E-state index is 5.86. The highest BCUT2D eigenvalue weighted by atomic mass is 35.5. The molecule has 1 heterocycles. The lowest BCUT2D eigenvalue weighted by Gasteiger charge is -2.10. The minimum Gasteiger partial charge on any atom is -0.303 e. The van der Waals surface area contributed by atoms with Gasteiger partial charge in [-0.1, -0.05) is 12.1 Å². The van der Waals surface area contributed by atoms with E-state index in [1.54, 1.807) is 0 Å². The Kier molecular flexibility index (Phi) is 3.01. The Hall–Kier alpha value is -1.28. The Morgan fingerprint density at radius 1 is 1.25 bits per heavy atom. The molecule has 16 heavy (non-hydrogen) atoms. The first-order chi connectivity index (χ1) is 7.63. The smallest absolute Gasteiger partial charge is 0.0997 e. The maximum absolute atomic E-state index is 5.86. The van der Waals surface area contributed by atoms with Gasteiger partial charge in [0.15, 0.2) is 0 Å². The van der Waals surface area contributed by atoms with Crippen LogP contribution in [-0.2, 0) is 5.88 Å². The number of benzene rings is 1. The Morgan fingerprint density at radius 3 is 2.56 bits per heavy atom. The van der Waals surface area contributed by atoms with Crippen LogP contribution in [0.3, 0.4) is 0 Å². The van der Waals surface area contributed by atoms with E-state index in [0.717, 1.165) is 16.9 Å². The molecule has 0 saturated carbocycles. The third kappa shape index (κ3) is 1.85. The summed E-state index contributed by atoms with van der Waals surface area (Å²) in [5.41, 5.74) is 5.77. The van der Waals surface area contributed by atoms with E-state index in [-0.39, 0.29) is 0 Å². The van der Waals surface area contributed by atoms with E-state index in [1.807, 2.05) is 13.3 Å². The Morgan fingerprint density at radius 2 is 2.00 bits per heavy atom. The first-order valence-corrected chi connectivity index (χ1v) is 5.83. The van der Waals surface area contributed by atoms with Crippen molar-refractivity contribution in [2.24, 2.45) is 0 Å². The summed E-state index contributed by atoms with van der Waals surface area (Å²) in [6.45, 7) is 6.20. The molecule has 0 N–H and O–H groups in total. The highest BCUT2D eigenvalue weighted by Gasteiger charge is 2.07. The van der Waals surface area contributed by atoms with Crippen molar-refractivity contribution in [2.75, 3.05) is 0 Å². The number of alkyl halides is 1. The predicted octanol–water partition coefficient (Wildman–Crippen LogP) is 3.54. The average Bonchev–Trinajstić information content (AvgIpc) is 2.61. The number of rotatable bonds is 2. The number of aryl methyl sites for hydroxylation is 2. The van der Waals surface area contributed by atoms with Gasteiger partial charge in [0, 0.05) is 17.3 Å². The number of aromatic nitrogens is 2. The van der Waals surface area contributed by atoms with E-state index in [2.05, 4.69) is 41.6 Å². The Labute approximate surface area is 101 Å². The van der Waals surface area contributed by atoms with Gasteiger partial charge >= 0.3 is 0 Å². The van der Waals surface area contributed by atoms with Gasteiger partial charge in [-0.2, -0.15) is 0 Å². The van der Waals surface area contributed by atoms with E-state index >= 15 is 0 Å². The molecule has 0 aliphatic rings. The molecule has 0 bridgehead atoms. The number of hydrogen-bond donors (Lipinski definition) is 0. The maximum Gasteiger partial charge on any atom is 0.0997 e. The van der Waals surface area contributed by atoms with Crippen LogP contribution in [0.25, 0.3) is 5.69 Å². The van der Waals surface area contributed by atoms with Gasteiger partial charge in [0.25, 0.3) is 0 Å². The standard InChI is InChI=1S/C13H15ClN2/c1-9-4-5-12(7-14)6-13(9)16-8-15-10(2)11(16)3/h4-6,8H,7H2,1-3H3. The topological polar surface area (TPSA) is 17.8 Å². The zero-order valence-electron chi connectivity index (χ0n) is 9.79. The third-order valence-electron chi connectivity index (χ3n) is 2.94. The van der Waals surface area contributed by atoms with Crippen molar-refractivity contribution in [1.82, 2.24) is 9.55 Å². The summed E-state index contributed by atoms with van der Waals surface area (Å²) in [7, 11) is 0. The lowest BCUT2D eigenvalue weighted by atomic mass is 10.1. The number of imidazole rings is 1. The van der Waals surface area contributed by atoms with Gasteiger partial charge in [-0.15, -0.1) is 11.6 Å². The second-order valence-electron chi connectivity index (χ2n) is 4.04. The lowest BCUT2D eigenvalue weighted by Crippen LogP contribution is -1.99. The number of halogens is 1. The van der Waals surface area contributed by atoms with Crippen LogP contribution in [0.5, 0.6) is 0 Å². The van der Waals surface area contributed by atoms with Crippen LogP contribution in [0.15, 0.2) is 24.5 Å². The van der Waals surface area contributed by atoms with Crippen molar-refractivity contribution in [3.63, 3.8) is 0 Å². The van der Waals surface area contributed by atoms with E-state index in [0.29, 0.717) is 5.88 Å². The summed E-state index contributed by atoms with van der Waals surface area (Å²) >= 11 is 5.86. The van der Waals surface area contributed by atoms with Crippen LogP contribution < -0.4 is 0 Å². The van der Waals surface area contributed by atoms with Crippen LogP contribution >= 0.6 is 11.6 Å². The molecule has 2 rings (SSSR count). The summed E-state index contributed by atoms with van der Waals surface area (Å²) in [5, 5.41) is 0. The predicted molar refractivity (Wildman–Crippen MR) is 67.3 cm³/mol. The van der Waals surface area contributed by atoms with Crippen LogP contribution in [0.4, 0.5) is 0 Å². The fraction of sp³-hybridized carbons (Fsp3) is 0.308. The van der Waals surface area contributed by atoms with Gasteiger partial charge in [-0.05, 0) is 38.0 Å². The van der Waals surface area contributed by atoms with Crippen molar-refractivity contribution < 1.29 is 0 Å². The van der Waals surface area contributed by atoms with Crippen LogP contribution in [0.2, 0.25) is 0 Å². The lowest BCUT2D eigenvalue weighted by molar-refractivity contribution is 0.984. The molecule has 0 atom stereocenters. The molecule has 0 unspecified atom stereocenters. The largest absolute Gasteiger partial charge is 0.303 e. The molecule has 0 fully saturated rings. The summed E-state index contributed by atoms with van der Waals surface area (Å²) in [4.78, 5) is 4.32. The van der Waals surface area contributed by atoms with Crippen molar-refractivity contribution in [2.45, 2.75) is 26.7 Å². The minimum absolute atomic E-state index is 0.542. The van der Waals surface area contributed by atoms with Crippen molar-refractivity contribution in [3.05, 3.63) is 47.0 Å². The van der Waals surface area contributed by atoms with Gasteiger partial charge in [0.05, 0.1) is 12.0 Å². The second-order valence-corrected chi connectivity index (χ2v) is 4.31. The molecule has 2 aromatic rings. The quantitative estimate of drug-likeness (QED) is 0.727. The van der Waals surface area contributed by atoms with E-state index < -0.39 is 0 Å². The molecular formula is C13H15ClN2. The van der Waals surface area contributed by atoms with E-state index in [1.165, 1.54) is 11.3 Å². The van der Waals surface area contributed by atoms with Crippen molar-refractivity contribution in [3.8, 4) is 5.69 Å². The Balaban J connectivity index is 2.59.